The molecule has 8 heteroatoms. The number of benzene rings is 1. The quantitative estimate of drug-likeness (QED) is 0.791. The van der Waals surface area contributed by atoms with Crippen LogP contribution in [0.15, 0.2) is 52.0 Å². The fraction of sp³-hybridized carbons (Fsp3) is 0.250. The second kappa shape index (κ2) is 7.78. The molecule has 0 bridgehead atoms. The number of carbonyl (C=O) groups excluding carboxylic acids is 2. The molecule has 0 saturated heterocycles. The van der Waals surface area contributed by atoms with Crippen molar-refractivity contribution in [2.45, 2.75) is 24.8 Å². The van der Waals surface area contributed by atoms with Gasteiger partial charge in [-0.05, 0) is 36.4 Å². The molecule has 2 aromatic rings. The maximum Gasteiger partial charge on any atom is 0.221 e. The highest BCUT2D eigenvalue weighted by molar-refractivity contribution is 7.91. The molecule has 2 rings (SSSR count). The first-order chi connectivity index (χ1) is 11.4. The minimum Gasteiger partial charge on any atom is -0.467 e. The normalized spacial score (nSPS) is 11.0. The van der Waals surface area contributed by atoms with Gasteiger partial charge in [0, 0.05) is 19.0 Å². The van der Waals surface area contributed by atoms with Crippen LogP contribution in [0.2, 0.25) is 0 Å². The van der Waals surface area contributed by atoms with E-state index < -0.39 is 9.84 Å². The lowest BCUT2D eigenvalue weighted by Crippen LogP contribution is -2.25. The van der Waals surface area contributed by atoms with E-state index in [-0.39, 0.29) is 35.4 Å². The van der Waals surface area contributed by atoms with Crippen molar-refractivity contribution in [1.82, 2.24) is 5.32 Å². The third-order valence-corrected chi connectivity index (χ3v) is 4.90. The summed E-state index contributed by atoms with van der Waals surface area (Å²) < 4.78 is 29.5. The van der Waals surface area contributed by atoms with Gasteiger partial charge in [0.15, 0.2) is 9.84 Å². The highest BCUT2D eigenvalue weighted by atomic mass is 32.2. The minimum absolute atomic E-state index is 0.107. The van der Waals surface area contributed by atoms with Crippen LogP contribution >= 0.6 is 0 Å². The first kappa shape index (κ1) is 17.7. The number of hydrogen-bond donors (Lipinski definition) is 2. The van der Waals surface area contributed by atoms with E-state index in [1.807, 2.05) is 0 Å². The lowest BCUT2D eigenvalue weighted by atomic mass is 10.3. The smallest absolute Gasteiger partial charge is 0.221 e. The highest BCUT2D eigenvalue weighted by Crippen LogP contribution is 2.16. The molecule has 0 unspecified atom stereocenters. The molecule has 128 valence electrons. The van der Waals surface area contributed by atoms with Gasteiger partial charge in [0.1, 0.15) is 5.76 Å². The van der Waals surface area contributed by atoms with Crippen LogP contribution in [0.4, 0.5) is 5.69 Å². The molecule has 7 nitrogen and oxygen atoms in total. The Morgan fingerprint density at radius 3 is 2.42 bits per heavy atom. The second-order valence-electron chi connectivity index (χ2n) is 5.13. The Labute approximate surface area is 140 Å². The number of rotatable bonds is 7. The van der Waals surface area contributed by atoms with E-state index in [2.05, 4.69) is 10.6 Å². The summed E-state index contributed by atoms with van der Waals surface area (Å²) in [7, 11) is -3.57. The molecule has 0 fully saturated rings. The van der Waals surface area contributed by atoms with Crippen LogP contribution < -0.4 is 10.6 Å². The molecule has 1 heterocycles. The minimum atomic E-state index is -3.57. The van der Waals surface area contributed by atoms with Crippen LogP contribution in [0, 0.1) is 0 Å². The van der Waals surface area contributed by atoms with E-state index in [1.165, 1.54) is 37.5 Å². The second-order valence-corrected chi connectivity index (χ2v) is 7.24. The molecular formula is C16H18N2O5S. The maximum absolute atomic E-state index is 12.2. The molecule has 1 aromatic heterocycles. The first-order valence-electron chi connectivity index (χ1n) is 7.26. The number of amides is 2. The molecule has 1 aromatic carbocycles. The topological polar surface area (TPSA) is 105 Å². The van der Waals surface area contributed by atoms with Crippen molar-refractivity contribution in [2.75, 3.05) is 11.1 Å². The summed E-state index contributed by atoms with van der Waals surface area (Å²) >= 11 is 0. The van der Waals surface area contributed by atoms with Gasteiger partial charge in [-0.2, -0.15) is 0 Å². The molecule has 0 aliphatic rings. The van der Waals surface area contributed by atoms with Crippen molar-refractivity contribution in [3.63, 3.8) is 0 Å². The molecule has 2 amide bonds. The summed E-state index contributed by atoms with van der Waals surface area (Å²) in [6, 6.07) is 9.24. The van der Waals surface area contributed by atoms with Crippen LogP contribution in [-0.2, 0) is 26.0 Å². The van der Waals surface area contributed by atoms with Crippen molar-refractivity contribution >= 4 is 27.3 Å². The molecule has 24 heavy (non-hydrogen) atoms. The third kappa shape index (κ3) is 5.24. The number of hydrogen-bond acceptors (Lipinski definition) is 5. The SMILES string of the molecule is CC(=O)Nc1ccc(S(=O)(=O)CCC(=O)NCc2ccco2)cc1. The van der Waals surface area contributed by atoms with Crippen molar-refractivity contribution in [1.29, 1.82) is 0 Å². The lowest BCUT2D eigenvalue weighted by molar-refractivity contribution is -0.121. The molecule has 2 N–H and O–H groups in total. The zero-order valence-electron chi connectivity index (χ0n) is 13.1. The number of nitrogens with one attached hydrogen (secondary N) is 2. The van der Waals surface area contributed by atoms with Gasteiger partial charge in [-0.1, -0.05) is 0 Å². The van der Waals surface area contributed by atoms with E-state index in [9.17, 15) is 18.0 Å². The third-order valence-electron chi connectivity index (χ3n) is 3.17. The fourth-order valence-corrected chi connectivity index (χ4v) is 3.22. The van der Waals surface area contributed by atoms with Crippen molar-refractivity contribution < 1.29 is 22.4 Å². The van der Waals surface area contributed by atoms with Crippen LogP contribution in [0.1, 0.15) is 19.1 Å². The summed E-state index contributed by atoms with van der Waals surface area (Å²) in [6.07, 6.45) is 1.35. The van der Waals surface area contributed by atoms with Crippen LogP contribution in [0.3, 0.4) is 0 Å². The van der Waals surface area contributed by atoms with Crippen LogP contribution in [-0.4, -0.2) is 26.0 Å². The predicted octanol–water partition coefficient (Wildman–Crippen LogP) is 1.72. The largest absolute Gasteiger partial charge is 0.467 e. The Bertz CT molecular complexity index is 796. The average Bonchev–Trinajstić information content (AvgIpc) is 3.04. The molecule has 0 aliphatic heterocycles. The summed E-state index contributed by atoms with van der Waals surface area (Å²) in [4.78, 5) is 22.8. The number of carbonyl (C=O) groups is 2. The molecular weight excluding hydrogens is 332 g/mol. The van der Waals surface area contributed by atoms with Crippen LogP contribution in [0.25, 0.3) is 0 Å². The predicted molar refractivity (Wildman–Crippen MR) is 88.0 cm³/mol. The van der Waals surface area contributed by atoms with E-state index in [4.69, 9.17) is 4.42 Å². The van der Waals surface area contributed by atoms with Gasteiger partial charge in [-0.15, -0.1) is 0 Å². The number of furan rings is 1. The van der Waals surface area contributed by atoms with Crippen molar-refractivity contribution in [2.24, 2.45) is 0 Å². The molecule has 0 spiro atoms. The standard InChI is InChI=1S/C16H18N2O5S/c1-12(19)18-13-4-6-15(7-5-13)24(21,22)10-8-16(20)17-11-14-3-2-9-23-14/h2-7,9H,8,10-11H2,1H3,(H,17,20)(H,18,19). The summed E-state index contributed by atoms with van der Waals surface area (Å²) in [5.74, 6) is -0.306. The summed E-state index contributed by atoms with van der Waals surface area (Å²) in [5, 5.41) is 5.15. The fourth-order valence-electron chi connectivity index (χ4n) is 1.98. The zero-order chi connectivity index (χ0) is 17.6. The number of anilines is 1. The Morgan fingerprint density at radius 1 is 1.12 bits per heavy atom. The van der Waals surface area contributed by atoms with E-state index in [0.29, 0.717) is 11.4 Å². The Morgan fingerprint density at radius 2 is 1.83 bits per heavy atom. The van der Waals surface area contributed by atoms with E-state index in [0.717, 1.165) is 0 Å². The van der Waals surface area contributed by atoms with E-state index in [1.54, 1.807) is 12.1 Å². The molecule has 0 atom stereocenters. The van der Waals surface area contributed by atoms with Gasteiger partial charge >= 0.3 is 0 Å². The first-order valence-corrected chi connectivity index (χ1v) is 8.91. The summed E-state index contributed by atoms with van der Waals surface area (Å²) in [6.45, 7) is 1.59. The highest BCUT2D eigenvalue weighted by Gasteiger charge is 2.16. The Kier molecular flexibility index (Phi) is 5.75. The van der Waals surface area contributed by atoms with Gasteiger partial charge in [-0.3, -0.25) is 9.59 Å². The molecule has 0 saturated carbocycles. The monoisotopic (exact) mass is 350 g/mol. The number of sulfone groups is 1. The van der Waals surface area contributed by atoms with Gasteiger partial charge in [0.05, 0.1) is 23.5 Å². The van der Waals surface area contributed by atoms with Gasteiger partial charge < -0.3 is 15.1 Å². The van der Waals surface area contributed by atoms with Crippen molar-refractivity contribution in [3.05, 3.63) is 48.4 Å². The zero-order valence-corrected chi connectivity index (χ0v) is 13.9. The van der Waals surface area contributed by atoms with Gasteiger partial charge in [0.2, 0.25) is 11.8 Å². The Balaban J connectivity index is 1.88. The van der Waals surface area contributed by atoms with Crippen LogP contribution in [0.5, 0.6) is 0 Å². The summed E-state index contributed by atoms with van der Waals surface area (Å²) in [5.41, 5.74) is 0.512. The average molecular weight is 350 g/mol. The Hall–Kier alpha value is -2.61. The molecule has 0 aliphatic carbocycles. The lowest BCUT2D eigenvalue weighted by Gasteiger charge is -2.07. The van der Waals surface area contributed by atoms with E-state index >= 15 is 0 Å². The van der Waals surface area contributed by atoms with Crippen molar-refractivity contribution in [3.8, 4) is 0 Å². The molecule has 0 radical (unpaired) electrons. The maximum atomic E-state index is 12.2. The van der Waals surface area contributed by atoms with Gasteiger partial charge in [-0.25, -0.2) is 8.42 Å². The van der Waals surface area contributed by atoms with Gasteiger partial charge in [0.25, 0.3) is 0 Å².